The van der Waals surface area contributed by atoms with Crippen LogP contribution in [0.3, 0.4) is 0 Å². The van der Waals surface area contributed by atoms with Crippen molar-refractivity contribution in [2.45, 2.75) is 32.5 Å². The van der Waals surface area contributed by atoms with E-state index in [1.807, 2.05) is 30.3 Å². The molecule has 0 saturated heterocycles. The molecule has 3 aromatic carbocycles. The quantitative estimate of drug-likeness (QED) is 0.513. The van der Waals surface area contributed by atoms with E-state index in [9.17, 15) is 0 Å². The molecule has 3 rings (SSSR count). The Labute approximate surface area is 144 Å². The predicted octanol–water partition coefficient (Wildman–Crippen LogP) is 6.08. The second kappa shape index (κ2) is 7.50. The van der Waals surface area contributed by atoms with Crippen molar-refractivity contribution in [1.82, 2.24) is 0 Å². The molecule has 0 saturated carbocycles. The second-order valence-corrected chi connectivity index (χ2v) is 6.13. The summed E-state index contributed by atoms with van der Waals surface area (Å²) in [5, 5.41) is 2.34. The number of ether oxygens (including phenoxy) is 2. The Hall–Kier alpha value is -2.32. The van der Waals surface area contributed by atoms with Crippen LogP contribution in [0.1, 0.15) is 43.6 Å². The lowest BCUT2D eigenvalue weighted by Gasteiger charge is -2.20. The van der Waals surface area contributed by atoms with Gasteiger partial charge in [0.1, 0.15) is 5.75 Å². The van der Waals surface area contributed by atoms with Crippen molar-refractivity contribution < 1.29 is 9.47 Å². The van der Waals surface area contributed by atoms with E-state index in [4.69, 9.17) is 9.47 Å². The van der Waals surface area contributed by atoms with E-state index >= 15 is 0 Å². The van der Waals surface area contributed by atoms with Crippen molar-refractivity contribution in [3.8, 4) is 5.75 Å². The lowest BCUT2D eigenvalue weighted by Crippen LogP contribution is -2.10. The smallest absolute Gasteiger partial charge is 0.227 e. The molecular formula is C22H24O2. The van der Waals surface area contributed by atoms with Crippen LogP contribution >= 0.6 is 0 Å². The molecule has 0 fully saturated rings. The van der Waals surface area contributed by atoms with Crippen molar-refractivity contribution in [1.29, 1.82) is 0 Å². The Bertz CT molecular complexity index is 787. The molecule has 0 radical (unpaired) electrons. The summed E-state index contributed by atoms with van der Waals surface area (Å²) in [5.41, 5.74) is 2.38. The van der Waals surface area contributed by atoms with Gasteiger partial charge in [0.2, 0.25) is 6.29 Å². The normalized spacial score (nSPS) is 13.6. The zero-order valence-electron chi connectivity index (χ0n) is 14.5. The van der Waals surface area contributed by atoms with E-state index in [1.54, 1.807) is 7.11 Å². The van der Waals surface area contributed by atoms with Gasteiger partial charge in [0.25, 0.3) is 0 Å². The Balaban J connectivity index is 1.86. The molecule has 0 N–H and O–H groups in total. The van der Waals surface area contributed by atoms with Gasteiger partial charge >= 0.3 is 0 Å². The SMILES string of the molecule is CCC(C)c1ccc(OC(OC)c2cccc3ccccc23)cc1. The highest BCUT2D eigenvalue weighted by molar-refractivity contribution is 5.85. The highest BCUT2D eigenvalue weighted by Crippen LogP contribution is 2.29. The Kier molecular flexibility index (Phi) is 5.17. The Morgan fingerprint density at radius 3 is 2.29 bits per heavy atom. The summed E-state index contributed by atoms with van der Waals surface area (Å²) in [5.74, 6) is 1.39. The zero-order chi connectivity index (χ0) is 16.9. The van der Waals surface area contributed by atoms with Crippen molar-refractivity contribution in [3.05, 3.63) is 77.9 Å². The van der Waals surface area contributed by atoms with Gasteiger partial charge in [-0.15, -0.1) is 0 Å². The summed E-state index contributed by atoms with van der Waals surface area (Å²) in [6.45, 7) is 4.44. The summed E-state index contributed by atoms with van der Waals surface area (Å²) in [6, 6.07) is 22.8. The van der Waals surface area contributed by atoms with E-state index in [-0.39, 0.29) is 0 Å². The lowest BCUT2D eigenvalue weighted by atomic mass is 9.99. The van der Waals surface area contributed by atoms with Gasteiger partial charge in [0.05, 0.1) is 0 Å². The molecule has 124 valence electrons. The van der Waals surface area contributed by atoms with Crippen LogP contribution in [-0.4, -0.2) is 7.11 Å². The Morgan fingerprint density at radius 1 is 0.875 bits per heavy atom. The summed E-state index contributed by atoms with van der Waals surface area (Å²) in [7, 11) is 1.68. The third-order valence-corrected chi connectivity index (χ3v) is 4.60. The van der Waals surface area contributed by atoms with Gasteiger partial charge in [-0.1, -0.05) is 68.4 Å². The van der Waals surface area contributed by atoms with Gasteiger partial charge < -0.3 is 9.47 Å². The first kappa shape index (κ1) is 16.5. The summed E-state index contributed by atoms with van der Waals surface area (Å²) >= 11 is 0. The number of hydrogen-bond acceptors (Lipinski definition) is 2. The average Bonchev–Trinajstić information content (AvgIpc) is 2.65. The minimum Gasteiger partial charge on any atom is -0.461 e. The van der Waals surface area contributed by atoms with Gasteiger partial charge in [0.15, 0.2) is 0 Å². The van der Waals surface area contributed by atoms with Crippen LogP contribution in [0.25, 0.3) is 10.8 Å². The first-order valence-electron chi connectivity index (χ1n) is 8.50. The fourth-order valence-corrected chi connectivity index (χ4v) is 2.93. The van der Waals surface area contributed by atoms with Crippen LogP contribution in [0, 0.1) is 0 Å². The molecule has 0 aromatic heterocycles. The molecular weight excluding hydrogens is 296 g/mol. The number of benzene rings is 3. The van der Waals surface area contributed by atoms with E-state index < -0.39 is 6.29 Å². The largest absolute Gasteiger partial charge is 0.461 e. The average molecular weight is 320 g/mol. The number of hydrogen-bond donors (Lipinski definition) is 0. The maximum atomic E-state index is 6.10. The molecule has 0 aliphatic heterocycles. The van der Waals surface area contributed by atoms with Gasteiger partial charge in [0, 0.05) is 12.7 Å². The zero-order valence-corrected chi connectivity index (χ0v) is 14.5. The molecule has 0 heterocycles. The van der Waals surface area contributed by atoms with Crippen molar-refractivity contribution >= 4 is 10.8 Å². The van der Waals surface area contributed by atoms with Gasteiger partial charge in [-0.3, -0.25) is 0 Å². The molecule has 2 heteroatoms. The third-order valence-electron chi connectivity index (χ3n) is 4.60. The van der Waals surface area contributed by atoms with Crippen molar-refractivity contribution in [3.63, 3.8) is 0 Å². The number of methoxy groups -OCH3 is 1. The first-order valence-corrected chi connectivity index (χ1v) is 8.50. The van der Waals surface area contributed by atoms with Crippen LogP contribution in [0.15, 0.2) is 66.7 Å². The standard InChI is InChI=1S/C22H24O2/c1-4-16(2)17-12-14-19(15-13-17)24-22(23-3)21-11-7-9-18-8-5-6-10-20(18)21/h5-16,22H,4H2,1-3H3. The Morgan fingerprint density at radius 2 is 1.58 bits per heavy atom. The molecule has 24 heavy (non-hydrogen) atoms. The van der Waals surface area contributed by atoms with Crippen LogP contribution in [0.2, 0.25) is 0 Å². The highest BCUT2D eigenvalue weighted by Gasteiger charge is 2.15. The molecule has 0 bridgehead atoms. The molecule has 2 nitrogen and oxygen atoms in total. The summed E-state index contributed by atoms with van der Waals surface area (Å²) < 4.78 is 11.7. The minimum atomic E-state index is -0.425. The monoisotopic (exact) mass is 320 g/mol. The number of rotatable bonds is 6. The molecule has 3 aromatic rings. The second-order valence-electron chi connectivity index (χ2n) is 6.13. The molecule has 2 unspecified atom stereocenters. The van der Waals surface area contributed by atoms with E-state index in [0.29, 0.717) is 5.92 Å². The molecule has 0 spiro atoms. The topological polar surface area (TPSA) is 18.5 Å². The fourth-order valence-electron chi connectivity index (χ4n) is 2.93. The molecule has 0 aliphatic rings. The fraction of sp³-hybridized carbons (Fsp3) is 0.273. The minimum absolute atomic E-state index is 0.425. The molecule has 2 atom stereocenters. The van der Waals surface area contributed by atoms with Crippen LogP contribution in [-0.2, 0) is 4.74 Å². The molecule has 0 amide bonds. The summed E-state index contributed by atoms with van der Waals surface area (Å²) in [4.78, 5) is 0. The van der Waals surface area contributed by atoms with E-state index in [2.05, 4.69) is 50.2 Å². The summed E-state index contributed by atoms with van der Waals surface area (Å²) in [6.07, 6.45) is 0.710. The van der Waals surface area contributed by atoms with Crippen LogP contribution in [0.5, 0.6) is 5.75 Å². The van der Waals surface area contributed by atoms with Crippen LogP contribution in [0.4, 0.5) is 0 Å². The maximum absolute atomic E-state index is 6.10. The predicted molar refractivity (Wildman–Crippen MR) is 99.5 cm³/mol. The maximum Gasteiger partial charge on any atom is 0.227 e. The van der Waals surface area contributed by atoms with Crippen molar-refractivity contribution in [2.75, 3.05) is 7.11 Å². The van der Waals surface area contributed by atoms with Gasteiger partial charge in [-0.25, -0.2) is 0 Å². The first-order chi connectivity index (χ1) is 11.7. The number of fused-ring (bicyclic) bond motifs is 1. The lowest BCUT2D eigenvalue weighted by molar-refractivity contribution is -0.0552. The molecule has 0 aliphatic carbocycles. The van der Waals surface area contributed by atoms with Crippen molar-refractivity contribution in [2.24, 2.45) is 0 Å². The third kappa shape index (κ3) is 3.44. The van der Waals surface area contributed by atoms with Gasteiger partial charge in [-0.2, -0.15) is 0 Å². The van der Waals surface area contributed by atoms with Gasteiger partial charge in [-0.05, 0) is 40.8 Å². The highest BCUT2D eigenvalue weighted by atomic mass is 16.7. The van der Waals surface area contributed by atoms with Crippen LogP contribution < -0.4 is 4.74 Å². The van der Waals surface area contributed by atoms with E-state index in [0.717, 1.165) is 23.1 Å². The van der Waals surface area contributed by atoms with E-state index in [1.165, 1.54) is 10.9 Å².